The Labute approximate surface area is 153 Å². The molecule has 2 amide bonds. The minimum atomic E-state index is -0.546. The number of anilines is 1. The normalized spacial score (nSPS) is 19.5. The summed E-state index contributed by atoms with van der Waals surface area (Å²) in [5.41, 5.74) is 0.495. The van der Waals surface area contributed by atoms with E-state index in [9.17, 15) is 14.4 Å². The maximum Gasteiger partial charge on any atom is 0.407 e. The number of hydrogen-bond donors (Lipinski definition) is 2. The van der Waals surface area contributed by atoms with E-state index in [1.807, 2.05) is 20.8 Å². The fourth-order valence-corrected chi connectivity index (χ4v) is 2.88. The van der Waals surface area contributed by atoms with E-state index >= 15 is 0 Å². The second-order valence-electron chi connectivity index (χ2n) is 7.41. The number of alkyl carbamates (subject to hydrolysis) is 1. The van der Waals surface area contributed by atoms with E-state index in [0.29, 0.717) is 24.1 Å². The lowest BCUT2D eigenvalue weighted by Gasteiger charge is -2.21. The van der Waals surface area contributed by atoms with Crippen LogP contribution >= 0.6 is 0 Å². The van der Waals surface area contributed by atoms with Crippen molar-refractivity contribution in [2.45, 2.75) is 51.7 Å². The summed E-state index contributed by atoms with van der Waals surface area (Å²) in [5, 5.41) is 5.66. The SMILES string of the molecule is COC(=O)c1ccc(NC(=O)[C@H]2CC[C@@H](NC(=O)OC(C)(C)C)C2)cc1. The van der Waals surface area contributed by atoms with Crippen LogP contribution in [0.1, 0.15) is 50.4 Å². The van der Waals surface area contributed by atoms with Crippen LogP contribution in [-0.2, 0) is 14.3 Å². The molecule has 142 valence electrons. The molecule has 0 saturated heterocycles. The first-order valence-corrected chi connectivity index (χ1v) is 8.66. The molecule has 1 aliphatic rings. The zero-order valence-corrected chi connectivity index (χ0v) is 15.6. The van der Waals surface area contributed by atoms with Gasteiger partial charge >= 0.3 is 12.1 Å². The minimum absolute atomic E-state index is 0.0673. The molecular weight excluding hydrogens is 336 g/mol. The highest BCUT2D eigenvalue weighted by Gasteiger charge is 2.31. The zero-order chi connectivity index (χ0) is 19.3. The van der Waals surface area contributed by atoms with Gasteiger partial charge in [-0.2, -0.15) is 0 Å². The van der Waals surface area contributed by atoms with Crippen molar-refractivity contribution in [2.75, 3.05) is 12.4 Å². The van der Waals surface area contributed by atoms with Crippen LogP contribution in [0, 0.1) is 5.92 Å². The van der Waals surface area contributed by atoms with E-state index in [-0.39, 0.29) is 17.9 Å². The van der Waals surface area contributed by atoms with Crippen molar-refractivity contribution in [1.29, 1.82) is 0 Å². The Morgan fingerprint density at radius 2 is 1.73 bits per heavy atom. The van der Waals surface area contributed by atoms with Gasteiger partial charge in [-0.3, -0.25) is 4.79 Å². The number of methoxy groups -OCH3 is 1. The Balaban J connectivity index is 1.84. The van der Waals surface area contributed by atoms with Gasteiger partial charge in [0.15, 0.2) is 0 Å². The third-order valence-electron chi connectivity index (χ3n) is 4.10. The average Bonchev–Trinajstić information content (AvgIpc) is 3.01. The van der Waals surface area contributed by atoms with Crippen LogP contribution in [0.25, 0.3) is 0 Å². The largest absolute Gasteiger partial charge is 0.465 e. The predicted molar refractivity (Wildman–Crippen MR) is 96.9 cm³/mol. The average molecular weight is 362 g/mol. The molecule has 2 N–H and O–H groups in total. The molecule has 0 unspecified atom stereocenters. The van der Waals surface area contributed by atoms with Gasteiger partial charge in [-0.1, -0.05) is 0 Å². The topological polar surface area (TPSA) is 93.7 Å². The smallest absolute Gasteiger partial charge is 0.407 e. The van der Waals surface area contributed by atoms with Gasteiger partial charge in [0.05, 0.1) is 12.7 Å². The van der Waals surface area contributed by atoms with Gasteiger partial charge in [0, 0.05) is 17.6 Å². The minimum Gasteiger partial charge on any atom is -0.465 e. The number of amides is 2. The van der Waals surface area contributed by atoms with E-state index in [2.05, 4.69) is 15.4 Å². The third-order valence-corrected chi connectivity index (χ3v) is 4.10. The van der Waals surface area contributed by atoms with Crippen LogP contribution in [0.4, 0.5) is 10.5 Å². The Kier molecular flexibility index (Phi) is 6.23. The molecule has 2 atom stereocenters. The molecule has 2 rings (SSSR count). The predicted octanol–water partition coefficient (Wildman–Crippen LogP) is 3.11. The fraction of sp³-hybridized carbons (Fsp3) is 0.526. The van der Waals surface area contributed by atoms with Crippen molar-refractivity contribution in [3.05, 3.63) is 29.8 Å². The van der Waals surface area contributed by atoms with Crippen molar-refractivity contribution in [3.8, 4) is 0 Å². The highest BCUT2D eigenvalue weighted by Crippen LogP contribution is 2.27. The lowest BCUT2D eigenvalue weighted by molar-refractivity contribution is -0.119. The number of carbonyl (C=O) groups is 3. The van der Waals surface area contributed by atoms with Crippen LogP contribution in [0.3, 0.4) is 0 Å². The molecule has 0 aromatic heterocycles. The first kappa shape index (κ1) is 19.8. The zero-order valence-electron chi connectivity index (χ0n) is 15.6. The van der Waals surface area contributed by atoms with Crippen molar-refractivity contribution in [3.63, 3.8) is 0 Å². The first-order valence-electron chi connectivity index (χ1n) is 8.66. The standard InChI is InChI=1S/C19H26N2O5/c1-19(2,3)26-18(24)21-15-10-7-13(11-15)16(22)20-14-8-5-12(6-9-14)17(23)25-4/h5-6,8-9,13,15H,7,10-11H2,1-4H3,(H,20,22)(H,21,24)/t13-,15+/m0/s1. The number of nitrogens with one attached hydrogen (secondary N) is 2. The second-order valence-corrected chi connectivity index (χ2v) is 7.41. The summed E-state index contributed by atoms with van der Waals surface area (Å²) in [6.45, 7) is 5.43. The summed E-state index contributed by atoms with van der Waals surface area (Å²) >= 11 is 0. The summed E-state index contributed by atoms with van der Waals surface area (Å²) in [7, 11) is 1.32. The Morgan fingerprint density at radius 3 is 2.31 bits per heavy atom. The molecule has 0 heterocycles. The monoisotopic (exact) mass is 362 g/mol. The Hall–Kier alpha value is -2.57. The van der Waals surface area contributed by atoms with Crippen LogP contribution < -0.4 is 10.6 Å². The molecule has 7 nitrogen and oxygen atoms in total. The molecule has 1 aromatic carbocycles. The molecule has 1 saturated carbocycles. The molecule has 26 heavy (non-hydrogen) atoms. The van der Waals surface area contributed by atoms with Crippen LogP contribution in [0.2, 0.25) is 0 Å². The third kappa shape index (κ3) is 5.75. The van der Waals surface area contributed by atoms with Crippen LogP contribution in [0.5, 0.6) is 0 Å². The van der Waals surface area contributed by atoms with E-state index < -0.39 is 17.7 Å². The molecular formula is C19H26N2O5. The summed E-state index contributed by atoms with van der Waals surface area (Å²) < 4.78 is 9.88. The van der Waals surface area contributed by atoms with Gasteiger partial charge in [-0.25, -0.2) is 9.59 Å². The van der Waals surface area contributed by atoms with E-state index in [1.54, 1.807) is 24.3 Å². The van der Waals surface area contributed by atoms with Crippen molar-refractivity contribution in [2.24, 2.45) is 5.92 Å². The van der Waals surface area contributed by atoms with Crippen molar-refractivity contribution >= 4 is 23.7 Å². The van der Waals surface area contributed by atoms with Crippen LogP contribution in [-0.4, -0.2) is 36.7 Å². The van der Waals surface area contributed by atoms with Gasteiger partial charge in [-0.05, 0) is 64.3 Å². The molecule has 0 bridgehead atoms. The van der Waals surface area contributed by atoms with Gasteiger partial charge in [0.25, 0.3) is 0 Å². The number of benzene rings is 1. The second kappa shape index (κ2) is 8.21. The highest BCUT2D eigenvalue weighted by atomic mass is 16.6. The van der Waals surface area contributed by atoms with E-state index in [4.69, 9.17) is 4.74 Å². The number of esters is 1. The lowest BCUT2D eigenvalue weighted by atomic mass is 10.1. The van der Waals surface area contributed by atoms with E-state index in [0.717, 1.165) is 6.42 Å². The summed E-state index contributed by atoms with van der Waals surface area (Å²) in [5.74, 6) is -0.686. The van der Waals surface area contributed by atoms with Gasteiger partial charge in [-0.15, -0.1) is 0 Å². The maximum absolute atomic E-state index is 12.4. The van der Waals surface area contributed by atoms with Crippen LogP contribution in [0.15, 0.2) is 24.3 Å². The molecule has 0 aliphatic heterocycles. The van der Waals surface area contributed by atoms with Gasteiger partial charge in [0.1, 0.15) is 5.60 Å². The molecule has 1 fully saturated rings. The molecule has 1 aromatic rings. The number of hydrogen-bond acceptors (Lipinski definition) is 5. The fourth-order valence-electron chi connectivity index (χ4n) is 2.88. The molecule has 0 radical (unpaired) electrons. The first-order chi connectivity index (χ1) is 12.2. The van der Waals surface area contributed by atoms with Gasteiger partial charge in [0.2, 0.25) is 5.91 Å². The molecule has 0 spiro atoms. The number of ether oxygens (including phenoxy) is 2. The highest BCUT2D eigenvalue weighted by molar-refractivity contribution is 5.94. The Bertz CT molecular complexity index is 664. The summed E-state index contributed by atoms with van der Waals surface area (Å²) in [6, 6.07) is 6.46. The maximum atomic E-state index is 12.4. The summed E-state index contributed by atoms with van der Waals surface area (Å²) in [4.78, 5) is 35.6. The Morgan fingerprint density at radius 1 is 1.08 bits per heavy atom. The summed E-state index contributed by atoms with van der Waals surface area (Å²) in [6.07, 6.45) is 1.55. The lowest BCUT2D eigenvalue weighted by Crippen LogP contribution is -2.38. The number of rotatable bonds is 4. The van der Waals surface area contributed by atoms with Crippen molar-refractivity contribution in [1.82, 2.24) is 5.32 Å². The quantitative estimate of drug-likeness (QED) is 0.803. The van der Waals surface area contributed by atoms with E-state index in [1.165, 1.54) is 7.11 Å². The van der Waals surface area contributed by atoms with Gasteiger partial charge < -0.3 is 20.1 Å². The van der Waals surface area contributed by atoms with Crippen molar-refractivity contribution < 1.29 is 23.9 Å². The number of carbonyl (C=O) groups excluding carboxylic acids is 3. The molecule has 7 heteroatoms. The molecule has 1 aliphatic carbocycles.